The van der Waals surface area contributed by atoms with Crippen LogP contribution >= 0.6 is 0 Å². The molecule has 0 amide bonds. The zero-order chi connectivity index (χ0) is 18.6. The first-order valence-corrected chi connectivity index (χ1v) is 9.61. The van der Waals surface area contributed by atoms with Crippen LogP contribution < -0.4 is 10.0 Å². The Balaban J connectivity index is 1.67. The number of benzene rings is 1. The summed E-state index contributed by atoms with van der Waals surface area (Å²) >= 11 is 0. The van der Waals surface area contributed by atoms with Crippen molar-refractivity contribution in [3.8, 4) is 0 Å². The van der Waals surface area contributed by atoms with Crippen LogP contribution in [0.3, 0.4) is 0 Å². The summed E-state index contributed by atoms with van der Waals surface area (Å²) in [5, 5.41) is 3.17. The molecule has 2 heterocycles. The highest BCUT2D eigenvalue weighted by atomic mass is 32.2. The van der Waals surface area contributed by atoms with Crippen LogP contribution in [0.5, 0.6) is 0 Å². The minimum Gasteiger partial charge on any atom is -0.366 e. The second kappa shape index (κ2) is 7.53. The van der Waals surface area contributed by atoms with E-state index in [0.717, 1.165) is 16.7 Å². The minimum absolute atomic E-state index is 0.236. The maximum atomic E-state index is 12.5. The van der Waals surface area contributed by atoms with Crippen molar-refractivity contribution in [2.45, 2.75) is 25.3 Å². The number of anilines is 2. The Kier molecular flexibility index (Phi) is 5.18. The molecule has 0 fully saturated rings. The highest BCUT2D eigenvalue weighted by Gasteiger charge is 2.15. The lowest BCUT2D eigenvalue weighted by atomic mass is 10.1. The Labute approximate surface area is 153 Å². The molecule has 0 aliphatic rings. The first-order valence-electron chi connectivity index (χ1n) is 8.13. The number of pyridine rings is 2. The summed E-state index contributed by atoms with van der Waals surface area (Å²) in [6, 6.07) is 12.3. The predicted octanol–water partition coefficient (Wildman–Crippen LogP) is 3.51. The summed E-state index contributed by atoms with van der Waals surface area (Å²) < 4.78 is 27.6. The number of sulfonamides is 1. The van der Waals surface area contributed by atoms with Crippen LogP contribution in [0, 0.1) is 13.8 Å². The van der Waals surface area contributed by atoms with Crippen molar-refractivity contribution in [3.63, 3.8) is 0 Å². The predicted molar refractivity (Wildman–Crippen MR) is 103 cm³/mol. The van der Waals surface area contributed by atoms with Crippen molar-refractivity contribution in [1.29, 1.82) is 0 Å². The molecule has 2 N–H and O–H groups in total. The average Bonchev–Trinajstić information content (AvgIpc) is 2.64. The van der Waals surface area contributed by atoms with E-state index in [9.17, 15) is 8.42 Å². The van der Waals surface area contributed by atoms with Gasteiger partial charge in [0.05, 0.1) is 16.8 Å². The lowest BCUT2D eigenvalue weighted by Gasteiger charge is -2.10. The van der Waals surface area contributed by atoms with Crippen molar-refractivity contribution < 1.29 is 8.42 Å². The molecule has 7 heteroatoms. The van der Waals surface area contributed by atoms with Crippen molar-refractivity contribution in [2.24, 2.45) is 0 Å². The third-order valence-corrected chi connectivity index (χ3v) is 5.38. The van der Waals surface area contributed by atoms with Gasteiger partial charge in [-0.25, -0.2) is 13.4 Å². The quantitative estimate of drug-likeness (QED) is 0.696. The van der Waals surface area contributed by atoms with Gasteiger partial charge in [-0.15, -0.1) is 0 Å². The van der Waals surface area contributed by atoms with Crippen LogP contribution in [0.2, 0.25) is 0 Å². The first kappa shape index (κ1) is 17.9. The van der Waals surface area contributed by atoms with E-state index >= 15 is 0 Å². The molecule has 134 valence electrons. The molecule has 6 nitrogen and oxygen atoms in total. The molecule has 0 aliphatic heterocycles. The fourth-order valence-electron chi connectivity index (χ4n) is 2.35. The van der Waals surface area contributed by atoms with Gasteiger partial charge in [-0.3, -0.25) is 9.71 Å². The Hall–Kier alpha value is -2.93. The summed E-state index contributed by atoms with van der Waals surface area (Å²) in [5.41, 5.74) is 3.43. The second-order valence-corrected chi connectivity index (χ2v) is 7.68. The molecule has 2 aromatic heterocycles. The summed E-state index contributed by atoms with van der Waals surface area (Å²) in [5.74, 6) is 0.656. The van der Waals surface area contributed by atoms with Gasteiger partial charge >= 0.3 is 0 Å². The van der Waals surface area contributed by atoms with Gasteiger partial charge in [-0.2, -0.15) is 0 Å². The second-order valence-electron chi connectivity index (χ2n) is 6.00. The zero-order valence-electron chi connectivity index (χ0n) is 14.6. The van der Waals surface area contributed by atoms with Gasteiger partial charge < -0.3 is 5.32 Å². The highest BCUT2D eigenvalue weighted by molar-refractivity contribution is 7.92. The van der Waals surface area contributed by atoms with E-state index < -0.39 is 10.0 Å². The van der Waals surface area contributed by atoms with Gasteiger partial charge in [0.2, 0.25) is 0 Å². The molecule has 0 saturated carbocycles. The monoisotopic (exact) mass is 368 g/mol. The standard InChI is InChI=1S/C19H20N4O2S/c1-14-5-7-18(10-15(14)2)26(24,25)23-17-6-8-19(22-13-17)21-12-16-4-3-9-20-11-16/h3-11,13,23H,12H2,1-2H3,(H,21,22). The molecule has 0 spiro atoms. The van der Waals surface area contributed by atoms with Crippen molar-refractivity contribution in [1.82, 2.24) is 9.97 Å². The molecular formula is C19H20N4O2S. The topological polar surface area (TPSA) is 84.0 Å². The van der Waals surface area contributed by atoms with Crippen LogP contribution in [-0.2, 0) is 16.6 Å². The minimum atomic E-state index is -3.64. The average molecular weight is 368 g/mol. The van der Waals surface area contributed by atoms with Crippen molar-refractivity contribution >= 4 is 21.5 Å². The van der Waals surface area contributed by atoms with Crippen LogP contribution in [0.4, 0.5) is 11.5 Å². The van der Waals surface area contributed by atoms with Crippen LogP contribution in [0.25, 0.3) is 0 Å². The van der Waals surface area contributed by atoms with Crippen LogP contribution in [0.1, 0.15) is 16.7 Å². The molecule has 0 unspecified atom stereocenters. The Bertz CT molecular complexity index is 988. The van der Waals surface area contributed by atoms with Gasteiger partial charge in [0.1, 0.15) is 5.82 Å². The van der Waals surface area contributed by atoms with Gasteiger partial charge in [-0.1, -0.05) is 12.1 Å². The van der Waals surface area contributed by atoms with Crippen molar-refractivity contribution in [3.05, 3.63) is 77.7 Å². The number of hydrogen-bond acceptors (Lipinski definition) is 5. The first-order chi connectivity index (χ1) is 12.4. The van der Waals surface area contributed by atoms with E-state index in [2.05, 4.69) is 20.0 Å². The van der Waals surface area contributed by atoms with Gasteiger partial charge in [0.25, 0.3) is 10.0 Å². The number of aromatic nitrogens is 2. The van der Waals surface area contributed by atoms with E-state index in [1.807, 2.05) is 26.0 Å². The fourth-order valence-corrected chi connectivity index (χ4v) is 3.48. The molecule has 3 rings (SSSR count). The lowest BCUT2D eigenvalue weighted by molar-refractivity contribution is 0.601. The van der Waals surface area contributed by atoms with E-state index in [1.165, 1.54) is 6.20 Å². The number of nitrogens with zero attached hydrogens (tertiary/aromatic N) is 2. The highest BCUT2D eigenvalue weighted by Crippen LogP contribution is 2.19. The van der Waals surface area contributed by atoms with Crippen LogP contribution in [0.15, 0.2) is 66.0 Å². The molecular weight excluding hydrogens is 348 g/mol. The van der Waals surface area contributed by atoms with E-state index in [4.69, 9.17) is 0 Å². The van der Waals surface area contributed by atoms with Gasteiger partial charge in [-0.05, 0) is 60.9 Å². The summed E-state index contributed by atoms with van der Waals surface area (Å²) in [7, 11) is -3.64. The summed E-state index contributed by atoms with van der Waals surface area (Å²) in [4.78, 5) is 8.53. The third kappa shape index (κ3) is 4.37. The zero-order valence-corrected chi connectivity index (χ0v) is 15.4. The van der Waals surface area contributed by atoms with Gasteiger partial charge in [0, 0.05) is 18.9 Å². The lowest BCUT2D eigenvalue weighted by Crippen LogP contribution is -2.13. The number of aryl methyl sites for hydroxylation is 2. The Morgan fingerprint density at radius 3 is 2.50 bits per heavy atom. The molecule has 3 aromatic rings. The summed E-state index contributed by atoms with van der Waals surface area (Å²) in [6.07, 6.45) is 4.99. The maximum Gasteiger partial charge on any atom is 0.261 e. The van der Waals surface area contributed by atoms with E-state index in [-0.39, 0.29) is 4.90 Å². The van der Waals surface area contributed by atoms with Crippen LogP contribution in [-0.4, -0.2) is 18.4 Å². The molecule has 0 atom stereocenters. The number of rotatable bonds is 6. The fraction of sp³-hybridized carbons (Fsp3) is 0.158. The van der Waals surface area contributed by atoms with E-state index in [1.54, 1.807) is 42.7 Å². The Morgan fingerprint density at radius 2 is 1.85 bits per heavy atom. The maximum absolute atomic E-state index is 12.5. The molecule has 1 aromatic carbocycles. The number of hydrogen-bond donors (Lipinski definition) is 2. The SMILES string of the molecule is Cc1ccc(S(=O)(=O)Nc2ccc(NCc3cccnc3)nc2)cc1C. The van der Waals surface area contributed by atoms with Crippen molar-refractivity contribution in [2.75, 3.05) is 10.0 Å². The third-order valence-electron chi connectivity index (χ3n) is 4.00. The Morgan fingerprint density at radius 1 is 1.00 bits per heavy atom. The molecule has 0 aliphatic carbocycles. The largest absolute Gasteiger partial charge is 0.366 e. The molecule has 0 bridgehead atoms. The van der Waals surface area contributed by atoms with E-state index in [0.29, 0.717) is 18.1 Å². The molecule has 0 radical (unpaired) electrons. The smallest absolute Gasteiger partial charge is 0.261 e. The number of nitrogens with one attached hydrogen (secondary N) is 2. The van der Waals surface area contributed by atoms with Gasteiger partial charge in [0.15, 0.2) is 0 Å². The summed E-state index contributed by atoms with van der Waals surface area (Å²) in [6.45, 7) is 4.42. The molecule has 26 heavy (non-hydrogen) atoms. The molecule has 0 saturated heterocycles. The normalized spacial score (nSPS) is 11.2.